The number of likely N-dealkylation sites (tertiary alicyclic amines) is 1. The number of aromatic nitrogens is 2. The molecule has 1 saturated heterocycles. The second kappa shape index (κ2) is 7.61. The molecular formula is C27H23N3OS. The van der Waals surface area contributed by atoms with Gasteiger partial charge in [-0.2, -0.15) is 0 Å². The number of benzene rings is 1. The van der Waals surface area contributed by atoms with Crippen molar-refractivity contribution >= 4 is 39.3 Å². The van der Waals surface area contributed by atoms with E-state index in [4.69, 9.17) is 0 Å². The molecule has 1 aliphatic heterocycles. The Morgan fingerprint density at radius 1 is 1.06 bits per heavy atom. The summed E-state index contributed by atoms with van der Waals surface area (Å²) in [5.74, 6) is 0.232. The van der Waals surface area contributed by atoms with Crippen molar-refractivity contribution in [3.63, 3.8) is 0 Å². The van der Waals surface area contributed by atoms with Gasteiger partial charge in [0.2, 0.25) is 0 Å². The number of ketones is 1. The summed E-state index contributed by atoms with van der Waals surface area (Å²) in [6.07, 6.45) is 8.13. The lowest BCUT2D eigenvalue weighted by Gasteiger charge is -2.33. The molecule has 0 unspecified atom stereocenters. The molecule has 1 aliphatic carbocycles. The minimum Gasteiger partial charge on any atom is -0.371 e. The molecule has 4 aromatic rings. The predicted octanol–water partition coefficient (Wildman–Crippen LogP) is 5.93. The van der Waals surface area contributed by atoms with E-state index in [-0.39, 0.29) is 5.78 Å². The van der Waals surface area contributed by atoms with Crippen LogP contribution >= 0.6 is 11.3 Å². The van der Waals surface area contributed by atoms with Crippen molar-refractivity contribution in [3.05, 3.63) is 99.7 Å². The van der Waals surface area contributed by atoms with Gasteiger partial charge >= 0.3 is 0 Å². The Morgan fingerprint density at radius 3 is 2.78 bits per heavy atom. The summed E-state index contributed by atoms with van der Waals surface area (Å²) in [6, 6.07) is 12.6. The molecule has 32 heavy (non-hydrogen) atoms. The van der Waals surface area contributed by atoms with Crippen LogP contribution in [0.1, 0.15) is 44.8 Å². The first-order valence-corrected chi connectivity index (χ1v) is 11.9. The molecule has 1 N–H and O–H groups in total. The van der Waals surface area contributed by atoms with Crippen LogP contribution in [0.4, 0.5) is 0 Å². The van der Waals surface area contributed by atoms with Gasteiger partial charge < -0.3 is 9.88 Å². The molecule has 0 radical (unpaired) electrons. The van der Waals surface area contributed by atoms with Crippen molar-refractivity contribution in [2.45, 2.75) is 19.3 Å². The lowest BCUT2D eigenvalue weighted by atomic mass is 9.87. The number of nitrogens with one attached hydrogen (secondary N) is 1. The molecule has 0 atom stereocenters. The molecule has 3 aromatic heterocycles. The molecule has 6 rings (SSSR count). The van der Waals surface area contributed by atoms with Crippen LogP contribution in [0.25, 0.3) is 22.2 Å². The van der Waals surface area contributed by atoms with E-state index in [0.29, 0.717) is 6.42 Å². The summed E-state index contributed by atoms with van der Waals surface area (Å²) >= 11 is 1.57. The molecule has 158 valence electrons. The SMILES string of the molecule is C=C(c1cncc2cc[nH]c12)N1CCC(=C2c3ccccc3CC(=O)c3sccc32)CC1. The van der Waals surface area contributed by atoms with Crippen LogP contribution in [-0.4, -0.2) is 33.7 Å². The number of rotatable bonds is 2. The van der Waals surface area contributed by atoms with Crippen molar-refractivity contribution in [3.8, 4) is 0 Å². The first-order chi connectivity index (χ1) is 15.7. The maximum atomic E-state index is 12.9. The number of nitrogens with zero attached hydrogens (tertiary/aromatic N) is 2. The standard InChI is InChI=1S/C27H23N3OS/c1-17(23-16-28-15-20-6-10-29-26(20)23)30-11-7-18(8-12-30)25-21-5-3-2-4-19(21)14-24(31)27-22(25)9-13-32-27/h2-6,9-10,13,15-16,29H,1,7-8,11-12,14H2. The summed E-state index contributed by atoms with van der Waals surface area (Å²) in [6.45, 7) is 6.23. The van der Waals surface area contributed by atoms with Crippen molar-refractivity contribution < 1.29 is 4.79 Å². The topological polar surface area (TPSA) is 49.0 Å². The maximum Gasteiger partial charge on any atom is 0.177 e. The minimum absolute atomic E-state index is 0.232. The van der Waals surface area contributed by atoms with Crippen LogP contribution in [-0.2, 0) is 6.42 Å². The van der Waals surface area contributed by atoms with E-state index in [1.165, 1.54) is 16.7 Å². The molecule has 4 heterocycles. The highest BCUT2D eigenvalue weighted by Crippen LogP contribution is 2.41. The number of carbonyl (C=O) groups excluding carboxylic acids is 1. The van der Waals surface area contributed by atoms with E-state index < -0.39 is 0 Å². The molecule has 1 fully saturated rings. The van der Waals surface area contributed by atoms with Gasteiger partial charge in [-0.25, -0.2) is 0 Å². The predicted molar refractivity (Wildman–Crippen MR) is 131 cm³/mol. The molecule has 2 aliphatic rings. The number of hydrogen-bond acceptors (Lipinski definition) is 4. The van der Waals surface area contributed by atoms with Gasteiger partial charge in [0.1, 0.15) is 0 Å². The van der Waals surface area contributed by atoms with Crippen LogP contribution in [0.5, 0.6) is 0 Å². The number of pyridine rings is 1. The zero-order valence-corrected chi connectivity index (χ0v) is 18.5. The van der Waals surface area contributed by atoms with Gasteiger partial charge in [0.05, 0.1) is 10.4 Å². The third-order valence-electron chi connectivity index (χ3n) is 6.70. The van der Waals surface area contributed by atoms with Crippen molar-refractivity contribution in [1.29, 1.82) is 0 Å². The molecule has 5 heteroatoms. The average molecular weight is 438 g/mol. The smallest absolute Gasteiger partial charge is 0.177 e. The van der Waals surface area contributed by atoms with Gasteiger partial charge in [-0.1, -0.05) is 36.4 Å². The van der Waals surface area contributed by atoms with E-state index in [9.17, 15) is 4.79 Å². The summed E-state index contributed by atoms with van der Waals surface area (Å²) in [4.78, 5) is 23.9. The fourth-order valence-electron chi connectivity index (χ4n) is 5.08. The summed E-state index contributed by atoms with van der Waals surface area (Å²) in [5.41, 5.74) is 9.37. The minimum atomic E-state index is 0.232. The zero-order valence-electron chi connectivity index (χ0n) is 17.7. The summed E-state index contributed by atoms with van der Waals surface area (Å²) < 4.78 is 0. The van der Waals surface area contributed by atoms with Gasteiger partial charge in [-0.05, 0) is 47.1 Å². The van der Waals surface area contributed by atoms with Gasteiger partial charge in [-0.3, -0.25) is 9.78 Å². The molecular weight excluding hydrogens is 414 g/mol. The third-order valence-corrected chi connectivity index (χ3v) is 7.66. The fourth-order valence-corrected chi connectivity index (χ4v) is 5.93. The van der Waals surface area contributed by atoms with Gasteiger partial charge in [0.25, 0.3) is 0 Å². The second-order valence-corrected chi connectivity index (χ2v) is 9.38. The molecule has 1 aromatic carbocycles. The average Bonchev–Trinajstić information content (AvgIpc) is 3.48. The Hall–Kier alpha value is -3.44. The number of Topliss-reactive ketones (excluding diaryl/α,β-unsaturated/α-hetero) is 1. The number of carbonyl (C=O) groups is 1. The Bertz CT molecular complexity index is 1400. The Balaban J connectivity index is 1.35. The number of H-pyrrole nitrogens is 1. The Labute approximate surface area is 190 Å². The van der Waals surface area contributed by atoms with Crippen molar-refractivity contribution in [2.24, 2.45) is 0 Å². The Kier molecular flexibility index (Phi) is 4.58. The van der Waals surface area contributed by atoms with E-state index in [2.05, 4.69) is 51.1 Å². The first kappa shape index (κ1) is 19.3. The molecule has 0 spiro atoms. The van der Waals surface area contributed by atoms with E-state index in [1.807, 2.05) is 30.7 Å². The maximum absolute atomic E-state index is 12.9. The molecule has 4 nitrogen and oxygen atoms in total. The third kappa shape index (κ3) is 3.04. The number of aromatic amines is 1. The van der Waals surface area contributed by atoms with Crippen LogP contribution in [0, 0.1) is 0 Å². The molecule has 0 bridgehead atoms. The van der Waals surface area contributed by atoms with Crippen LogP contribution in [0.15, 0.2) is 72.5 Å². The van der Waals surface area contributed by atoms with Crippen molar-refractivity contribution in [1.82, 2.24) is 14.9 Å². The molecule has 0 saturated carbocycles. The van der Waals surface area contributed by atoms with Crippen LogP contribution < -0.4 is 0 Å². The summed E-state index contributed by atoms with van der Waals surface area (Å²) in [5, 5.41) is 3.16. The van der Waals surface area contributed by atoms with Gasteiger partial charge in [0.15, 0.2) is 5.78 Å². The van der Waals surface area contributed by atoms with E-state index in [0.717, 1.165) is 64.1 Å². The lowest BCUT2D eigenvalue weighted by Crippen LogP contribution is -2.29. The molecule has 0 amide bonds. The lowest BCUT2D eigenvalue weighted by molar-refractivity contribution is 0.0997. The number of piperidine rings is 1. The van der Waals surface area contributed by atoms with Crippen LogP contribution in [0.2, 0.25) is 0 Å². The zero-order chi connectivity index (χ0) is 21.7. The number of thiophene rings is 1. The number of fused-ring (bicyclic) bond motifs is 3. The van der Waals surface area contributed by atoms with Gasteiger partial charge in [0, 0.05) is 60.3 Å². The van der Waals surface area contributed by atoms with E-state index in [1.54, 1.807) is 11.3 Å². The highest BCUT2D eigenvalue weighted by atomic mass is 32.1. The highest BCUT2D eigenvalue weighted by Gasteiger charge is 2.28. The monoisotopic (exact) mass is 437 g/mol. The van der Waals surface area contributed by atoms with Gasteiger partial charge in [-0.15, -0.1) is 11.3 Å². The fraction of sp³-hybridized carbons (Fsp3) is 0.185. The largest absolute Gasteiger partial charge is 0.371 e. The highest BCUT2D eigenvalue weighted by molar-refractivity contribution is 7.12. The number of hydrogen-bond donors (Lipinski definition) is 1. The van der Waals surface area contributed by atoms with Crippen molar-refractivity contribution in [2.75, 3.05) is 13.1 Å². The Morgan fingerprint density at radius 2 is 1.91 bits per heavy atom. The van der Waals surface area contributed by atoms with E-state index >= 15 is 0 Å². The summed E-state index contributed by atoms with van der Waals surface area (Å²) in [7, 11) is 0. The quantitative estimate of drug-likeness (QED) is 0.423. The first-order valence-electron chi connectivity index (χ1n) is 11.0. The normalized spacial score (nSPS) is 16.1. The van der Waals surface area contributed by atoms with Crippen LogP contribution in [0.3, 0.4) is 0 Å². The second-order valence-electron chi connectivity index (χ2n) is 8.46.